The standard InChI is InChI=1S/C6H2Cl3N3/c7-4-5(8)11-3(1-2-10)12-6(4)9/h1H2. The van der Waals surface area contributed by atoms with Gasteiger partial charge in [-0.1, -0.05) is 34.8 Å². The molecule has 0 aliphatic heterocycles. The van der Waals surface area contributed by atoms with Crippen molar-refractivity contribution in [3.63, 3.8) is 0 Å². The summed E-state index contributed by atoms with van der Waals surface area (Å²) in [4.78, 5) is 7.48. The molecule has 0 atom stereocenters. The molecule has 0 bridgehead atoms. The predicted molar refractivity (Wildman–Crippen MR) is 46.4 cm³/mol. The minimum absolute atomic E-state index is 0.0661. The first-order valence-corrected chi connectivity index (χ1v) is 4.03. The van der Waals surface area contributed by atoms with Crippen molar-refractivity contribution in [3.05, 3.63) is 21.2 Å². The average Bonchev–Trinajstić information content (AvgIpc) is 2.01. The van der Waals surface area contributed by atoms with E-state index in [2.05, 4.69) is 9.97 Å². The summed E-state index contributed by atoms with van der Waals surface area (Å²) in [6, 6.07) is 1.87. The van der Waals surface area contributed by atoms with Crippen molar-refractivity contribution in [2.75, 3.05) is 0 Å². The lowest BCUT2D eigenvalue weighted by Crippen LogP contribution is -1.94. The maximum absolute atomic E-state index is 8.32. The van der Waals surface area contributed by atoms with Crippen molar-refractivity contribution in [2.45, 2.75) is 6.42 Å². The quantitative estimate of drug-likeness (QED) is 0.686. The second-order valence-electron chi connectivity index (χ2n) is 1.87. The van der Waals surface area contributed by atoms with Gasteiger partial charge in [0, 0.05) is 0 Å². The fraction of sp³-hybridized carbons (Fsp3) is 0.167. The Balaban J connectivity index is 3.14. The van der Waals surface area contributed by atoms with Crippen LogP contribution >= 0.6 is 34.8 Å². The van der Waals surface area contributed by atoms with Gasteiger partial charge in [0.2, 0.25) is 0 Å². The molecule has 0 aliphatic rings. The van der Waals surface area contributed by atoms with Crippen LogP contribution in [0.3, 0.4) is 0 Å². The highest BCUT2D eigenvalue weighted by Crippen LogP contribution is 2.26. The van der Waals surface area contributed by atoms with Crippen molar-refractivity contribution >= 4 is 34.8 Å². The molecular formula is C6H2Cl3N3. The topological polar surface area (TPSA) is 49.6 Å². The third-order valence-corrected chi connectivity index (χ3v) is 2.15. The Bertz CT molecular complexity index is 321. The molecule has 0 aliphatic carbocycles. The first-order chi connectivity index (χ1) is 5.65. The maximum atomic E-state index is 8.32. The number of hydrogen-bond donors (Lipinski definition) is 0. The van der Waals surface area contributed by atoms with Gasteiger partial charge in [-0.25, -0.2) is 9.97 Å². The molecule has 1 rings (SSSR count). The molecule has 0 spiro atoms. The van der Waals surface area contributed by atoms with E-state index in [1.165, 1.54) is 0 Å². The Morgan fingerprint density at radius 2 is 1.67 bits per heavy atom. The Morgan fingerprint density at radius 3 is 2.08 bits per heavy atom. The van der Waals surface area contributed by atoms with E-state index in [0.717, 1.165) is 0 Å². The van der Waals surface area contributed by atoms with Crippen LogP contribution < -0.4 is 0 Å². The molecule has 0 unspecified atom stereocenters. The summed E-state index contributed by atoms with van der Waals surface area (Å²) in [6.45, 7) is 0. The van der Waals surface area contributed by atoms with Crippen LogP contribution in [0.5, 0.6) is 0 Å². The van der Waals surface area contributed by atoms with Gasteiger partial charge >= 0.3 is 0 Å². The zero-order valence-electron chi connectivity index (χ0n) is 5.68. The normalized spacial score (nSPS) is 9.50. The molecule has 0 saturated heterocycles. The molecule has 0 N–H and O–H groups in total. The molecule has 0 amide bonds. The van der Waals surface area contributed by atoms with Crippen molar-refractivity contribution in [2.24, 2.45) is 0 Å². The SMILES string of the molecule is N#CCc1nc(Cl)c(Cl)c(Cl)n1. The Morgan fingerprint density at radius 1 is 1.17 bits per heavy atom. The van der Waals surface area contributed by atoms with Gasteiger partial charge in [-0.05, 0) is 0 Å². The second-order valence-corrected chi connectivity index (χ2v) is 2.96. The molecule has 0 fully saturated rings. The van der Waals surface area contributed by atoms with Gasteiger partial charge < -0.3 is 0 Å². The van der Waals surface area contributed by atoms with Gasteiger partial charge in [0.05, 0.1) is 12.5 Å². The minimum Gasteiger partial charge on any atom is -0.218 e. The lowest BCUT2D eigenvalue weighted by Gasteiger charge is -1.98. The Labute approximate surface area is 83.9 Å². The summed E-state index contributed by atoms with van der Waals surface area (Å²) in [5.74, 6) is 0.275. The molecule has 0 radical (unpaired) electrons. The van der Waals surface area contributed by atoms with Crippen LogP contribution in [0, 0.1) is 11.3 Å². The largest absolute Gasteiger partial charge is 0.218 e. The zero-order chi connectivity index (χ0) is 9.14. The third-order valence-electron chi connectivity index (χ3n) is 1.05. The first-order valence-electron chi connectivity index (χ1n) is 2.89. The maximum Gasteiger partial charge on any atom is 0.152 e. The van der Waals surface area contributed by atoms with Gasteiger partial charge in [-0.15, -0.1) is 0 Å². The molecular weight excluding hydrogens is 220 g/mol. The van der Waals surface area contributed by atoms with E-state index in [1.54, 1.807) is 0 Å². The van der Waals surface area contributed by atoms with E-state index in [1.807, 2.05) is 6.07 Å². The average molecular weight is 222 g/mol. The number of nitrogens with zero attached hydrogens (tertiary/aromatic N) is 3. The molecule has 6 heteroatoms. The van der Waals surface area contributed by atoms with Gasteiger partial charge in [-0.2, -0.15) is 5.26 Å². The molecule has 0 aromatic carbocycles. The van der Waals surface area contributed by atoms with Crippen LogP contribution in [0.25, 0.3) is 0 Å². The van der Waals surface area contributed by atoms with E-state index < -0.39 is 0 Å². The van der Waals surface area contributed by atoms with Gasteiger partial charge in [0.25, 0.3) is 0 Å². The van der Waals surface area contributed by atoms with Crippen LogP contribution in [0.4, 0.5) is 0 Å². The van der Waals surface area contributed by atoms with Gasteiger partial charge in [-0.3, -0.25) is 0 Å². The Hall–Kier alpha value is -0.560. The molecule has 12 heavy (non-hydrogen) atoms. The van der Waals surface area contributed by atoms with Gasteiger partial charge in [0.15, 0.2) is 10.3 Å². The van der Waals surface area contributed by atoms with Gasteiger partial charge in [0.1, 0.15) is 10.8 Å². The first kappa shape index (κ1) is 9.53. The fourth-order valence-corrected chi connectivity index (χ4v) is 1.09. The van der Waals surface area contributed by atoms with Crippen molar-refractivity contribution in [3.8, 4) is 6.07 Å². The highest BCUT2D eigenvalue weighted by molar-refractivity contribution is 6.46. The number of halogens is 3. The molecule has 1 aromatic heterocycles. The van der Waals surface area contributed by atoms with Crippen molar-refractivity contribution < 1.29 is 0 Å². The van der Waals surface area contributed by atoms with Crippen molar-refractivity contribution in [1.82, 2.24) is 9.97 Å². The smallest absolute Gasteiger partial charge is 0.152 e. The number of rotatable bonds is 1. The van der Waals surface area contributed by atoms with E-state index in [-0.39, 0.29) is 27.6 Å². The van der Waals surface area contributed by atoms with E-state index >= 15 is 0 Å². The van der Waals surface area contributed by atoms with E-state index in [0.29, 0.717) is 0 Å². The van der Waals surface area contributed by atoms with Crippen LogP contribution in [0.15, 0.2) is 0 Å². The lowest BCUT2D eigenvalue weighted by atomic mass is 10.4. The summed E-state index contributed by atoms with van der Waals surface area (Å²) in [5.41, 5.74) is 0. The number of hydrogen-bond acceptors (Lipinski definition) is 3. The van der Waals surface area contributed by atoms with Crippen molar-refractivity contribution in [1.29, 1.82) is 5.26 Å². The Kier molecular flexibility index (Phi) is 3.10. The predicted octanol–water partition coefficient (Wildman–Crippen LogP) is 2.50. The summed E-state index contributed by atoms with van der Waals surface area (Å²) in [7, 11) is 0. The highest BCUT2D eigenvalue weighted by Gasteiger charge is 2.08. The molecule has 1 heterocycles. The lowest BCUT2D eigenvalue weighted by molar-refractivity contribution is 0.996. The summed E-state index contributed by atoms with van der Waals surface area (Å²) in [5, 5.41) is 8.58. The molecule has 62 valence electrons. The zero-order valence-corrected chi connectivity index (χ0v) is 7.95. The summed E-state index contributed by atoms with van der Waals surface area (Å²) < 4.78 is 0. The monoisotopic (exact) mass is 221 g/mol. The third kappa shape index (κ3) is 1.98. The van der Waals surface area contributed by atoms with Crippen LogP contribution in [0.2, 0.25) is 15.3 Å². The minimum atomic E-state index is 0.0661. The number of aromatic nitrogens is 2. The molecule has 1 aromatic rings. The second kappa shape index (κ2) is 3.90. The summed E-state index contributed by atoms with van der Waals surface area (Å²) >= 11 is 16.7. The molecule has 3 nitrogen and oxygen atoms in total. The number of nitriles is 1. The summed E-state index contributed by atoms with van der Waals surface area (Å²) in [6.07, 6.45) is 0.0661. The van der Waals surface area contributed by atoms with E-state index in [9.17, 15) is 0 Å². The van der Waals surface area contributed by atoms with Crippen LogP contribution in [-0.4, -0.2) is 9.97 Å². The van der Waals surface area contributed by atoms with E-state index in [4.69, 9.17) is 40.1 Å². The molecule has 0 saturated carbocycles. The van der Waals surface area contributed by atoms with Crippen LogP contribution in [-0.2, 0) is 6.42 Å². The van der Waals surface area contributed by atoms with Crippen LogP contribution in [0.1, 0.15) is 5.82 Å². The fourth-order valence-electron chi connectivity index (χ4n) is 0.585. The highest BCUT2D eigenvalue weighted by atomic mass is 35.5.